The van der Waals surface area contributed by atoms with Crippen LogP contribution in [0.15, 0.2) is 42.5 Å². The van der Waals surface area contributed by atoms with Crippen molar-refractivity contribution in [1.82, 2.24) is 15.1 Å². The molecule has 0 bridgehead atoms. The van der Waals surface area contributed by atoms with E-state index in [2.05, 4.69) is 36.2 Å². The van der Waals surface area contributed by atoms with Crippen molar-refractivity contribution in [2.24, 2.45) is 11.8 Å². The van der Waals surface area contributed by atoms with E-state index < -0.39 is 0 Å². The topological polar surface area (TPSA) is 69.7 Å². The summed E-state index contributed by atoms with van der Waals surface area (Å²) in [5.74, 6) is -1.30. The molecule has 6 heteroatoms. The van der Waals surface area contributed by atoms with E-state index >= 15 is 0 Å². The molecular formula is C22H29N3O3. The first-order valence-electron chi connectivity index (χ1n) is 10.1. The van der Waals surface area contributed by atoms with Crippen LogP contribution in [0.4, 0.5) is 0 Å². The van der Waals surface area contributed by atoms with Crippen molar-refractivity contribution in [2.75, 3.05) is 26.2 Å². The predicted octanol–water partition coefficient (Wildman–Crippen LogP) is 2.14. The van der Waals surface area contributed by atoms with Gasteiger partial charge in [0.1, 0.15) is 6.54 Å². The Labute approximate surface area is 166 Å². The Bertz CT molecular complexity index is 717. The molecule has 0 radical (unpaired) electrons. The number of fused-ring (bicyclic) bond motifs is 1. The average Bonchev–Trinajstić information content (AvgIpc) is 2.97. The number of allylic oxidation sites excluding steroid dienone is 2. The molecule has 3 atom stereocenters. The van der Waals surface area contributed by atoms with Gasteiger partial charge in [-0.15, -0.1) is 0 Å². The van der Waals surface area contributed by atoms with Crippen molar-refractivity contribution >= 4 is 17.7 Å². The molecule has 0 aromatic heterocycles. The van der Waals surface area contributed by atoms with Gasteiger partial charge in [-0.3, -0.25) is 24.2 Å². The zero-order valence-corrected chi connectivity index (χ0v) is 16.6. The number of hydrogen-bond donors (Lipinski definition) is 1. The minimum Gasteiger partial charge on any atom is -0.353 e. The van der Waals surface area contributed by atoms with Gasteiger partial charge in [-0.05, 0) is 31.5 Å². The van der Waals surface area contributed by atoms with E-state index in [4.69, 9.17) is 0 Å². The summed E-state index contributed by atoms with van der Waals surface area (Å²) in [6.45, 7) is 6.17. The van der Waals surface area contributed by atoms with Gasteiger partial charge in [0.05, 0.1) is 17.9 Å². The van der Waals surface area contributed by atoms with E-state index in [1.54, 1.807) is 0 Å². The van der Waals surface area contributed by atoms with Crippen LogP contribution in [-0.4, -0.2) is 53.7 Å². The molecule has 1 aromatic rings. The number of nitrogens with one attached hydrogen (secondary N) is 1. The minimum absolute atomic E-state index is 0.0527. The van der Waals surface area contributed by atoms with Crippen LogP contribution >= 0.6 is 0 Å². The fraction of sp³-hybridized carbons (Fsp3) is 0.500. The molecule has 1 heterocycles. The lowest BCUT2D eigenvalue weighted by Crippen LogP contribution is -2.44. The third-order valence-electron chi connectivity index (χ3n) is 5.83. The first-order valence-corrected chi connectivity index (χ1v) is 10.1. The smallest absolute Gasteiger partial charge is 0.240 e. The summed E-state index contributed by atoms with van der Waals surface area (Å²) in [5.41, 5.74) is 1.14. The van der Waals surface area contributed by atoms with E-state index in [9.17, 15) is 14.4 Å². The minimum atomic E-state index is -0.293. The summed E-state index contributed by atoms with van der Waals surface area (Å²) in [5, 5.41) is 2.94. The molecule has 1 aromatic carbocycles. The molecule has 1 aliphatic carbocycles. The van der Waals surface area contributed by atoms with Crippen molar-refractivity contribution < 1.29 is 14.4 Å². The number of benzene rings is 1. The molecule has 0 saturated carbocycles. The van der Waals surface area contributed by atoms with Crippen molar-refractivity contribution in [1.29, 1.82) is 0 Å². The monoisotopic (exact) mass is 383 g/mol. The summed E-state index contributed by atoms with van der Waals surface area (Å²) in [6.07, 6.45) is 5.08. The predicted molar refractivity (Wildman–Crippen MR) is 107 cm³/mol. The second-order valence-corrected chi connectivity index (χ2v) is 7.37. The van der Waals surface area contributed by atoms with Gasteiger partial charge in [0.25, 0.3) is 0 Å². The quantitative estimate of drug-likeness (QED) is 0.552. The number of hydrogen-bond acceptors (Lipinski definition) is 4. The van der Waals surface area contributed by atoms with Crippen LogP contribution in [-0.2, 0) is 14.4 Å². The fourth-order valence-electron chi connectivity index (χ4n) is 4.23. The number of nitrogens with zero attached hydrogens (tertiary/aromatic N) is 2. The third kappa shape index (κ3) is 4.17. The van der Waals surface area contributed by atoms with Crippen LogP contribution in [0.1, 0.15) is 38.3 Å². The zero-order chi connectivity index (χ0) is 20.1. The molecular weight excluding hydrogens is 354 g/mol. The summed E-state index contributed by atoms with van der Waals surface area (Å²) < 4.78 is 0. The Kier molecular flexibility index (Phi) is 6.62. The Morgan fingerprint density at radius 3 is 2.18 bits per heavy atom. The van der Waals surface area contributed by atoms with Crippen LogP contribution < -0.4 is 5.32 Å². The third-order valence-corrected chi connectivity index (χ3v) is 5.83. The molecule has 6 nitrogen and oxygen atoms in total. The van der Waals surface area contributed by atoms with Gasteiger partial charge >= 0.3 is 0 Å². The zero-order valence-electron chi connectivity index (χ0n) is 16.6. The SMILES string of the molecule is CCN(CC)C(CNC(=O)CN1C(=O)C2CC=CCC2C1=O)c1ccccc1. The standard InChI is InChI=1S/C22H29N3O3/c1-3-24(4-2)19(16-10-6-5-7-11-16)14-23-20(26)15-25-21(27)17-12-8-9-13-18(17)22(25)28/h5-11,17-19H,3-4,12-15H2,1-2H3,(H,23,26). The highest BCUT2D eigenvalue weighted by molar-refractivity contribution is 6.07. The Hall–Kier alpha value is -2.47. The number of likely N-dealkylation sites (N-methyl/N-ethyl adjacent to an activating group) is 1. The molecule has 2 aliphatic rings. The van der Waals surface area contributed by atoms with Crippen LogP contribution in [0.2, 0.25) is 0 Å². The first-order chi connectivity index (χ1) is 13.6. The summed E-state index contributed by atoms with van der Waals surface area (Å²) in [7, 11) is 0. The summed E-state index contributed by atoms with van der Waals surface area (Å²) in [4.78, 5) is 41.0. The van der Waals surface area contributed by atoms with E-state index in [1.165, 1.54) is 0 Å². The lowest BCUT2D eigenvalue weighted by Gasteiger charge is -2.30. The van der Waals surface area contributed by atoms with Gasteiger partial charge in [0.2, 0.25) is 17.7 Å². The molecule has 3 rings (SSSR count). The molecule has 3 amide bonds. The van der Waals surface area contributed by atoms with Crippen molar-refractivity contribution in [3.8, 4) is 0 Å². The maximum atomic E-state index is 12.5. The van der Waals surface area contributed by atoms with Crippen LogP contribution in [0.25, 0.3) is 0 Å². The fourth-order valence-corrected chi connectivity index (χ4v) is 4.23. The van der Waals surface area contributed by atoms with Gasteiger partial charge in [-0.25, -0.2) is 0 Å². The van der Waals surface area contributed by atoms with Crippen LogP contribution in [0, 0.1) is 11.8 Å². The lowest BCUT2D eigenvalue weighted by atomic mass is 9.85. The van der Waals surface area contributed by atoms with E-state index in [-0.39, 0.29) is 42.1 Å². The summed E-state index contributed by atoms with van der Waals surface area (Å²) in [6, 6.07) is 10.1. The number of carbonyl (C=O) groups is 3. The van der Waals surface area contributed by atoms with Gasteiger partial charge in [0.15, 0.2) is 0 Å². The largest absolute Gasteiger partial charge is 0.353 e. The van der Waals surface area contributed by atoms with Crippen LogP contribution in [0.3, 0.4) is 0 Å². The molecule has 1 fully saturated rings. The van der Waals surface area contributed by atoms with Crippen molar-refractivity contribution in [3.05, 3.63) is 48.0 Å². The molecule has 0 spiro atoms. The average molecular weight is 383 g/mol. The molecule has 3 unspecified atom stereocenters. The van der Waals surface area contributed by atoms with E-state index in [0.717, 1.165) is 23.6 Å². The Morgan fingerprint density at radius 1 is 1.07 bits per heavy atom. The van der Waals surface area contributed by atoms with Gasteiger partial charge in [-0.1, -0.05) is 56.3 Å². The normalized spacial score (nSPS) is 22.5. The molecule has 28 heavy (non-hydrogen) atoms. The van der Waals surface area contributed by atoms with E-state index in [1.807, 2.05) is 30.4 Å². The number of likely N-dealkylation sites (tertiary alicyclic amines) is 1. The highest BCUT2D eigenvalue weighted by Gasteiger charge is 2.47. The lowest BCUT2D eigenvalue weighted by molar-refractivity contribution is -0.143. The Morgan fingerprint density at radius 2 is 1.64 bits per heavy atom. The number of carbonyl (C=O) groups excluding carboxylic acids is 3. The molecule has 150 valence electrons. The maximum Gasteiger partial charge on any atom is 0.240 e. The van der Waals surface area contributed by atoms with Gasteiger partial charge < -0.3 is 5.32 Å². The Balaban J connectivity index is 1.62. The maximum absolute atomic E-state index is 12.5. The second-order valence-electron chi connectivity index (χ2n) is 7.37. The summed E-state index contributed by atoms with van der Waals surface area (Å²) >= 11 is 0. The molecule has 1 saturated heterocycles. The highest BCUT2D eigenvalue weighted by Crippen LogP contribution is 2.34. The first kappa shape index (κ1) is 20.3. The highest BCUT2D eigenvalue weighted by atomic mass is 16.2. The van der Waals surface area contributed by atoms with Crippen molar-refractivity contribution in [3.63, 3.8) is 0 Å². The molecule has 1 N–H and O–H groups in total. The number of amides is 3. The van der Waals surface area contributed by atoms with Gasteiger partial charge in [-0.2, -0.15) is 0 Å². The van der Waals surface area contributed by atoms with E-state index in [0.29, 0.717) is 19.4 Å². The van der Waals surface area contributed by atoms with Gasteiger partial charge in [0, 0.05) is 6.54 Å². The second kappa shape index (κ2) is 9.15. The van der Waals surface area contributed by atoms with Crippen molar-refractivity contribution in [2.45, 2.75) is 32.7 Å². The van der Waals surface area contributed by atoms with Crippen LogP contribution in [0.5, 0.6) is 0 Å². The molecule has 1 aliphatic heterocycles. The number of rotatable bonds is 8. The number of imide groups is 1.